The molecule has 2 unspecified atom stereocenters. The van der Waals surface area contributed by atoms with E-state index in [4.69, 9.17) is 4.98 Å². The smallest absolute Gasteiger partial charge is 0.225 e. The van der Waals surface area contributed by atoms with Gasteiger partial charge in [-0.1, -0.05) is 20.8 Å². The van der Waals surface area contributed by atoms with Gasteiger partial charge in [0.05, 0.1) is 0 Å². The zero-order valence-corrected chi connectivity index (χ0v) is 13.7. The molecule has 1 aromatic heterocycles. The van der Waals surface area contributed by atoms with Gasteiger partial charge in [-0.15, -0.1) is 0 Å². The van der Waals surface area contributed by atoms with Gasteiger partial charge in [0.1, 0.15) is 5.82 Å². The summed E-state index contributed by atoms with van der Waals surface area (Å²) in [7, 11) is 0. The molecule has 0 N–H and O–H groups in total. The SMILES string of the molecule is CC1CC(C(=O)N2CC3Cc4nc(C(C)C)ncc4C3C2)C1. The van der Waals surface area contributed by atoms with Crippen LogP contribution >= 0.6 is 0 Å². The molecule has 1 aromatic rings. The molecule has 0 spiro atoms. The zero-order chi connectivity index (χ0) is 15.4. The average Bonchev–Trinajstić information content (AvgIpc) is 2.99. The third-order valence-electron chi connectivity index (χ3n) is 5.77. The quantitative estimate of drug-likeness (QED) is 0.843. The summed E-state index contributed by atoms with van der Waals surface area (Å²) >= 11 is 0. The Morgan fingerprint density at radius 2 is 2.09 bits per heavy atom. The number of carbonyl (C=O) groups excluding carboxylic acids is 1. The van der Waals surface area contributed by atoms with E-state index in [1.807, 2.05) is 6.20 Å². The van der Waals surface area contributed by atoms with Crippen LogP contribution in [0.2, 0.25) is 0 Å². The molecule has 1 amide bonds. The van der Waals surface area contributed by atoms with E-state index in [1.54, 1.807) is 0 Å². The van der Waals surface area contributed by atoms with E-state index in [9.17, 15) is 4.79 Å². The second-order valence-corrected chi connectivity index (χ2v) is 7.87. The molecule has 2 aliphatic carbocycles. The van der Waals surface area contributed by atoms with Crippen molar-refractivity contribution in [1.29, 1.82) is 0 Å². The van der Waals surface area contributed by atoms with E-state index in [0.717, 1.165) is 44.1 Å². The summed E-state index contributed by atoms with van der Waals surface area (Å²) in [5, 5.41) is 0. The van der Waals surface area contributed by atoms with E-state index >= 15 is 0 Å². The molecule has 3 aliphatic rings. The number of likely N-dealkylation sites (tertiary alicyclic amines) is 1. The van der Waals surface area contributed by atoms with Crippen LogP contribution in [-0.2, 0) is 11.2 Å². The van der Waals surface area contributed by atoms with Crippen LogP contribution in [0.15, 0.2) is 6.20 Å². The van der Waals surface area contributed by atoms with E-state index in [2.05, 4.69) is 30.7 Å². The van der Waals surface area contributed by atoms with Gasteiger partial charge in [-0.3, -0.25) is 4.79 Å². The Morgan fingerprint density at radius 1 is 1.32 bits per heavy atom. The summed E-state index contributed by atoms with van der Waals surface area (Å²) < 4.78 is 0. The molecule has 0 radical (unpaired) electrons. The van der Waals surface area contributed by atoms with Gasteiger partial charge < -0.3 is 4.90 Å². The highest BCUT2D eigenvalue weighted by atomic mass is 16.2. The van der Waals surface area contributed by atoms with Crippen molar-refractivity contribution in [2.24, 2.45) is 17.8 Å². The third-order valence-corrected chi connectivity index (χ3v) is 5.77. The molecule has 4 heteroatoms. The number of nitrogens with zero attached hydrogens (tertiary/aromatic N) is 3. The fourth-order valence-corrected chi connectivity index (χ4v) is 4.41. The molecular formula is C18H25N3O. The Balaban J connectivity index is 1.49. The molecular weight excluding hydrogens is 274 g/mol. The van der Waals surface area contributed by atoms with Gasteiger partial charge in [0.25, 0.3) is 0 Å². The molecule has 0 aromatic carbocycles. The van der Waals surface area contributed by atoms with E-state index in [1.165, 1.54) is 11.3 Å². The predicted octanol–water partition coefficient (Wildman–Crippen LogP) is 2.74. The average molecular weight is 299 g/mol. The van der Waals surface area contributed by atoms with Crippen LogP contribution in [0.3, 0.4) is 0 Å². The maximum atomic E-state index is 12.6. The van der Waals surface area contributed by atoms with Gasteiger partial charge in [0.2, 0.25) is 5.91 Å². The number of hydrogen-bond acceptors (Lipinski definition) is 3. The van der Waals surface area contributed by atoms with Gasteiger partial charge >= 0.3 is 0 Å². The minimum absolute atomic E-state index is 0.299. The minimum atomic E-state index is 0.299. The fourth-order valence-electron chi connectivity index (χ4n) is 4.41. The van der Waals surface area contributed by atoms with E-state index in [0.29, 0.717) is 29.6 Å². The molecule has 4 nitrogen and oxygen atoms in total. The number of aromatic nitrogens is 2. The summed E-state index contributed by atoms with van der Waals surface area (Å²) in [6.45, 7) is 8.31. The Labute approximate surface area is 132 Å². The van der Waals surface area contributed by atoms with Crippen molar-refractivity contribution < 1.29 is 4.79 Å². The van der Waals surface area contributed by atoms with E-state index < -0.39 is 0 Å². The van der Waals surface area contributed by atoms with Crippen molar-refractivity contribution >= 4 is 5.91 Å². The molecule has 2 atom stereocenters. The lowest BCUT2D eigenvalue weighted by Crippen LogP contribution is -2.40. The molecule has 118 valence electrons. The molecule has 1 saturated heterocycles. The number of amides is 1. The monoisotopic (exact) mass is 299 g/mol. The second kappa shape index (κ2) is 5.04. The summed E-state index contributed by atoms with van der Waals surface area (Å²) in [5.74, 6) is 3.80. The first-order valence-corrected chi connectivity index (χ1v) is 8.67. The summed E-state index contributed by atoms with van der Waals surface area (Å²) in [6.07, 6.45) is 5.22. The molecule has 2 fully saturated rings. The maximum Gasteiger partial charge on any atom is 0.225 e. The molecule has 4 rings (SSSR count). The van der Waals surface area contributed by atoms with Crippen molar-refractivity contribution in [2.45, 2.75) is 51.9 Å². The third kappa shape index (κ3) is 2.15. The van der Waals surface area contributed by atoms with Crippen LogP contribution in [0.5, 0.6) is 0 Å². The van der Waals surface area contributed by atoms with Crippen LogP contribution in [-0.4, -0.2) is 33.9 Å². The Morgan fingerprint density at radius 3 is 2.77 bits per heavy atom. The highest BCUT2D eigenvalue weighted by molar-refractivity contribution is 5.80. The molecule has 22 heavy (non-hydrogen) atoms. The van der Waals surface area contributed by atoms with Gasteiger partial charge in [-0.05, 0) is 36.7 Å². The normalized spacial score (nSPS) is 32.8. The van der Waals surface area contributed by atoms with Crippen LogP contribution in [0, 0.1) is 17.8 Å². The van der Waals surface area contributed by atoms with Gasteiger partial charge in [0, 0.05) is 42.7 Å². The van der Waals surface area contributed by atoms with Crippen molar-refractivity contribution in [1.82, 2.24) is 14.9 Å². The van der Waals surface area contributed by atoms with Crippen LogP contribution < -0.4 is 0 Å². The number of fused-ring (bicyclic) bond motifs is 3. The van der Waals surface area contributed by atoms with Crippen molar-refractivity contribution in [3.63, 3.8) is 0 Å². The Kier molecular flexibility index (Phi) is 3.24. The predicted molar refractivity (Wildman–Crippen MR) is 84.5 cm³/mol. The standard InChI is InChI=1S/C18H25N3O/c1-10(2)17-19-7-14-15-9-21(8-13(15)6-16(14)20-17)18(22)12-4-11(3)5-12/h7,10-13,15H,4-6,8-9H2,1-3H3. The van der Waals surface area contributed by atoms with Gasteiger partial charge in [-0.2, -0.15) is 0 Å². The minimum Gasteiger partial charge on any atom is -0.342 e. The summed E-state index contributed by atoms with van der Waals surface area (Å²) in [6, 6.07) is 0. The maximum absolute atomic E-state index is 12.6. The molecule has 0 bridgehead atoms. The first-order chi connectivity index (χ1) is 10.5. The highest BCUT2D eigenvalue weighted by Crippen LogP contribution is 2.44. The number of hydrogen-bond donors (Lipinski definition) is 0. The van der Waals surface area contributed by atoms with Crippen molar-refractivity contribution in [3.05, 3.63) is 23.3 Å². The zero-order valence-electron chi connectivity index (χ0n) is 13.7. The molecule has 1 aliphatic heterocycles. The first kappa shape index (κ1) is 14.2. The Hall–Kier alpha value is -1.45. The van der Waals surface area contributed by atoms with Crippen LogP contribution in [0.25, 0.3) is 0 Å². The van der Waals surface area contributed by atoms with Crippen molar-refractivity contribution in [2.75, 3.05) is 13.1 Å². The fraction of sp³-hybridized carbons (Fsp3) is 0.722. The number of carbonyl (C=O) groups is 1. The van der Waals surface area contributed by atoms with Gasteiger partial charge in [0.15, 0.2) is 0 Å². The van der Waals surface area contributed by atoms with Crippen molar-refractivity contribution in [3.8, 4) is 0 Å². The molecule has 2 heterocycles. The highest BCUT2D eigenvalue weighted by Gasteiger charge is 2.45. The largest absolute Gasteiger partial charge is 0.342 e. The molecule has 1 saturated carbocycles. The van der Waals surface area contributed by atoms with Crippen LogP contribution in [0.4, 0.5) is 0 Å². The topological polar surface area (TPSA) is 46.1 Å². The lowest BCUT2D eigenvalue weighted by molar-refractivity contribution is -0.138. The lowest BCUT2D eigenvalue weighted by Gasteiger charge is -2.34. The second-order valence-electron chi connectivity index (χ2n) is 7.87. The summed E-state index contributed by atoms with van der Waals surface area (Å²) in [4.78, 5) is 24.0. The summed E-state index contributed by atoms with van der Waals surface area (Å²) in [5.41, 5.74) is 2.53. The van der Waals surface area contributed by atoms with E-state index in [-0.39, 0.29) is 0 Å². The Bertz CT molecular complexity index is 606. The van der Waals surface area contributed by atoms with Crippen LogP contribution in [0.1, 0.15) is 62.5 Å². The lowest BCUT2D eigenvalue weighted by atomic mass is 9.75. The first-order valence-electron chi connectivity index (χ1n) is 8.67. The van der Waals surface area contributed by atoms with Gasteiger partial charge in [-0.25, -0.2) is 9.97 Å². The number of rotatable bonds is 2.